The minimum Gasteiger partial charge on any atom is -0.454 e. The van der Waals surface area contributed by atoms with Gasteiger partial charge in [-0.2, -0.15) is 0 Å². The molecule has 0 atom stereocenters. The second-order valence-corrected chi connectivity index (χ2v) is 6.19. The van der Waals surface area contributed by atoms with Crippen LogP contribution < -0.4 is 25.6 Å². The van der Waals surface area contributed by atoms with Gasteiger partial charge in [0.15, 0.2) is 11.5 Å². The Labute approximate surface area is 148 Å². The Balaban J connectivity index is 1.87. The van der Waals surface area contributed by atoms with Crippen LogP contribution in [0, 0.1) is 6.92 Å². The number of halogens is 1. The standard InChI is InChI=1S/C19H15ClN2O3/c1-11-15(20)4-3-5-16(11)22-19(23)14(12(2)21-22)8-13-6-7-17-18(9-13)25-10-24-17/h3-9,21H,2,10H2,1H3. The van der Waals surface area contributed by atoms with E-state index in [2.05, 4.69) is 11.7 Å². The van der Waals surface area contributed by atoms with E-state index in [1.807, 2.05) is 37.3 Å². The third-order valence-electron chi connectivity index (χ3n) is 4.19. The molecule has 5 nitrogen and oxygen atoms in total. The molecule has 1 aromatic heterocycles. The molecule has 2 heterocycles. The van der Waals surface area contributed by atoms with Crippen molar-refractivity contribution in [2.45, 2.75) is 6.92 Å². The molecule has 6 heteroatoms. The molecule has 126 valence electrons. The van der Waals surface area contributed by atoms with Crippen LogP contribution in [-0.2, 0) is 0 Å². The summed E-state index contributed by atoms with van der Waals surface area (Å²) in [7, 11) is 0. The fourth-order valence-corrected chi connectivity index (χ4v) is 2.99. The summed E-state index contributed by atoms with van der Waals surface area (Å²) in [6, 6.07) is 11.0. The van der Waals surface area contributed by atoms with E-state index in [4.69, 9.17) is 21.1 Å². The summed E-state index contributed by atoms with van der Waals surface area (Å²) >= 11 is 6.17. The molecule has 0 unspecified atom stereocenters. The Bertz CT molecular complexity index is 1140. The topological polar surface area (TPSA) is 56.2 Å². The van der Waals surface area contributed by atoms with Crippen LogP contribution in [0.5, 0.6) is 11.5 Å². The molecule has 25 heavy (non-hydrogen) atoms. The molecule has 0 spiro atoms. The van der Waals surface area contributed by atoms with Gasteiger partial charge in [-0.15, -0.1) is 0 Å². The summed E-state index contributed by atoms with van der Waals surface area (Å²) < 4.78 is 12.1. The van der Waals surface area contributed by atoms with Gasteiger partial charge >= 0.3 is 0 Å². The molecule has 0 fully saturated rings. The predicted molar refractivity (Wildman–Crippen MR) is 97.0 cm³/mol. The van der Waals surface area contributed by atoms with Gasteiger partial charge in [-0.3, -0.25) is 9.89 Å². The zero-order chi connectivity index (χ0) is 17.6. The minimum atomic E-state index is -0.187. The second kappa shape index (κ2) is 5.86. The molecule has 0 saturated heterocycles. The van der Waals surface area contributed by atoms with Crippen LogP contribution in [0.3, 0.4) is 0 Å². The van der Waals surface area contributed by atoms with Gasteiger partial charge in [0, 0.05) is 5.02 Å². The zero-order valence-corrected chi connectivity index (χ0v) is 14.3. The van der Waals surface area contributed by atoms with E-state index in [0.717, 1.165) is 11.1 Å². The molecule has 2 aromatic carbocycles. The normalized spacial score (nSPS) is 13.4. The van der Waals surface area contributed by atoms with Crippen LogP contribution in [0.4, 0.5) is 0 Å². The zero-order valence-electron chi connectivity index (χ0n) is 13.5. The molecule has 4 rings (SSSR count). The Morgan fingerprint density at radius 2 is 2.04 bits per heavy atom. The quantitative estimate of drug-likeness (QED) is 0.766. The van der Waals surface area contributed by atoms with E-state index in [1.54, 1.807) is 12.1 Å². The van der Waals surface area contributed by atoms with Gasteiger partial charge in [-0.05, 0) is 48.4 Å². The van der Waals surface area contributed by atoms with Crippen molar-refractivity contribution in [3.8, 4) is 17.2 Å². The lowest BCUT2D eigenvalue weighted by Crippen LogP contribution is -2.34. The van der Waals surface area contributed by atoms with Crippen molar-refractivity contribution < 1.29 is 9.47 Å². The number of rotatable bonds is 2. The molecule has 0 aliphatic carbocycles. The van der Waals surface area contributed by atoms with Gasteiger partial charge in [-0.25, -0.2) is 4.68 Å². The van der Waals surface area contributed by atoms with E-state index in [0.29, 0.717) is 32.8 Å². The van der Waals surface area contributed by atoms with Gasteiger partial charge in [-0.1, -0.05) is 30.3 Å². The monoisotopic (exact) mass is 354 g/mol. The lowest BCUT2D eigenvalue weighted by atomic mass is 10.1. The summed E-state index contributed by atoms with van der Waals surface area (Å²) in [6.07, 6.45) is 1.78. The van der Waals surface area contributed by atoms with Crippen molar-refractivity contribution in [3.05, 3.63) is 73.5 Å². The number of ether oxygens (including phenoxy) is 2. The van der Waals surface area contributed by atoms with Gasteiger partial charge < -0.3 is 9.47 Å². The molecule has 0 amide bonds. The average molecular weight is 355 g/mol. The molecule has 0 bridgehead atoms. The maximum atomic E-state index is 12.9. The van der Waals surface area contributed by atoms with E-state index < -0.39 is 0 Å². The molecule has 0 radical (unpaired) electrons. The number of nitrogens with zero attached hydrogens (tertiary/aromatic N) is 1. The Kier molecular flexibility index (Phi) is 3.66. The molecule has 1 aliphatic heterocycles. The van der Waals surface area contributed by atoms with E-state index in [1.165, 1.54) is 4.68 Å². The average Bonchev–Trinajstić information content (AvgIpc) is 3.17. The Morgan fingerprint density at radius 1 is 1.24 bits per heavy atom. The van der Waals surface area contributed by atoms with Crippen LogP contribution in [0.15, 0.2) is 41.2 Å². The lowest BCUT2D eigenvalue weighted by Gasteiger charge is -2.06. The number of H-pyrrole nitrogens is 1. The van der Waals surface area contributed by atoms with Gasteiger partial charge in [0.25, 0.3) is 5.56 Å². The smallest absolute Gasteiger partial charge is 0.279 e. The van der Waals surface area contributed by atoms with Crippen molar-refractivity contribution >= 4 is 24.3 Å². The van der Waals surface area contributed by atoms with Gasteiger partial charge in [0.1, 0.15) is 0 Å². The SMILES string of the molecule is C=c1[nH]n(-c2cccc(Cl)c2C)c(=O)c1=Cc1ccc2c(c1)OCO2. The van der Waals surface area contributed by atoms with Gasteiger partial charge in [0.2, 0.25) is 6.79 Å². The Morgan fingerprint density at radius 3 is 2.88 bits per heavy atom. The minimum absolute atomic E-state index is 0.187. The highest BCUT2D eigenvalue weighted by atomic mass is 35.5. The largest absolute Gasteiger partial charge is 0.454 e. The first-order valence-electron chi connectivity index (χ1n) is 7.71. The number of hydrogen-bond acceptors (Lipinski definition) is 3. The van der Waals surface area contributed by atoms with Crippen LogP contribution >= 0.6 is 11.6 Å². The third-order valence-corrected chi connectivity index (χ3v) is 4.60. The van der Waals surface area contributed by atoms with Gasteiger partial charge in [0.05, 0.1) is 16.3 Å². The molecule has 1 N–H and O–H groups in total. The Hall–Kier alpha value is -2.92. The second-order valence-electron chi connectivity index (χ2n) is 5.79. The lowest BCUT2D eigenvalue weighted by molar-refractivity contribution is 0.174. The number of hydrogen-bond donors (Lipinski definition) is 1. The maximum Gasteiger partial charge on any atom is 0.279 e. The van der Waals surface area contributed by atoms with Crippen molar-refractivity contribution in [2.24, 2.45) is 0 Å². The highest BCUT2D eigenvalue weighted by Gasteiger charge is 2.13. The number of nitrogens with one attached hydrogen (secondary N) is 1. The summed E-state index contributed by atoms with van der Waals surface area (Å²) in [6.45, 7) is 6.03. The van der Waals surface area contributed by atoms with Crippen molar-refractivity contribution in [1.82, 2.24) is 9.78 Å². The first-order valence-corrected chi connectivity index (χ1v) is 8.09. The molecular formula is C19H15ClN2O3. The van der Waals surface area contributed by atoms with E-state index >= 15 is 0 Å². The number of aromatic nitrogens is 2. The number of fused-ring (bicyclic) bond motifs is 1. The van der Waals surface area contributed by atoms with Crippen LogP contribution in [0.1, 0.15) is 11.1 Å². The predicted octanol–water partition coefficient (Wildman–Crippen LogP) is 2.10. The summed E-state index contributed by atoms with van der Waals surface area (Å²) in [5.74, 6) is 1.37. The van der Waals surface area contributed by atoms with Crippen molar-refractivity contribution in [1.29, 1.82) is 0 Å². The van der Waals surface area contributed by atoms with Crippen LogP contribution in [0.25, 0.3) is 18.3 Å². The number of benzene rings is 2. The van der Waals surface area contributed by atoms with Crippen LogP contribution in [-0.4, -0.2) is 16.6 Å². The molecular weight excluding hydrogens is 340 g/mol. The third kappa shape index (κ3) is 2.62. The fourth-order valence-electron chi connectivity index (χ4n) is 2.82. The highest BCUT2D eigenvalue weighted by molar-refractivity contribution is 6.31. The van der Waals surface area contributed by atoms with E-state index in [9.17, 15) is 4.79 Å². The van der Waals surface area contributed by atoms with Crippen LogP contribution in [0.2, 0.25) is 5.02 Å². The summed E-state index contributed by atoms with van der Waals surface area (Å²) in [4.78, 5) is 12.9. The van der Waals surface area contributed by atoms with Crippen molar-refractivity contribution in [3.63, 3.8) is 0 Å². The molecule has 3 aromatic rings. The fraction of sp³-hybridized carbons (Fsp3) is 0.105. The highest BCUT2D eigenvalue weighted by Crippen LogP contribution is 2.32. The van der Waals surface area contributed by atoms with E-state index in [-0.39, 0.29) is 12.4 Å². The first-order chi connectivity index (χ1) is 12.0. The molecule has 1 aliphatic rings. The first kappa shape index (κ1) is 15.6. The van der Waals surface area contributed by atoms with Crippen molar-refractivity contribution in [2.75, 3.05) is 6.79 Å². The number of aromatic amines is 1. The maximum absolute atomic E-state index is 12.9. The summed E-state index contributed by atoms with van der Waals surface area (Å²) in [5, 5.41) is 4.63. The summed E-state index contributed by atoms with van der Waals surface area (Å²) in [5.41, 5.74) is 2.17. The molecule has 0 saturated carbocycles.